The van der Waals surface area contributed by atoms with Crippen LogP contribution in [0.2, 0.25) is 0 Å². The van der Waals surface area contributed by atoms with Crippen LogP contribution in [0.15, 0.2) is 42.7 Å². The van der Waals surface area contributed by atoms with E-state index in [-0.39, 0.29) is 0 Å². The van der Waals surface area contributed by atoms with E-state index in [9.17, 15) is 0 Å². The topological polar surface area (TPSA) is 24.3 Å². The number of aromatic nitrogens is 2. The van der Waals surface area contributed by atoms with Gasteiger partial charge >= 0.3 is 0 Å². The van der Waals surface area contributed by atoms with E-state index in [4.69, 9.17) is 0 Å². The molecule has 4 rings (SSSR count). The van der Waals surface area contributed by atoms with E-state index in [0.29, 0.717) is 0 Å². The molecule has 140 valence electrons. The van der Waals surface area contributed by atoms with Crippen molar-refractivity contribution in [3.63, 3.8) is 0 Å². The molecule has 2 aromatic rings. The maximum atomic E-state index is 4.64. The zero-order chi connectivity index (χ0) is 17.8. The Morgan fingerprint density at radius 1 is 1.08 bits per heavy atom. The van der Waals surface area contributed by atoms with Gasteiger partial charge in [0.1, 0.15) is 5.82 Å². The number of benzene rings is 1. The second-order valence-electron chi connectivity index (χ2n) is 8.16. The Labute approximate surface area is 157 Å². The number of rotatable bonds is 6. The number of hydrogen-bond donors (Lipinski definition) is 0. The molecule has 2 aliphatic rings. The van der Waals surface area contributed by atoms with E-state index in [1.54, 1.807) is 0 Å². The molecular weight excluding hydrogens is 320 g/mol. The summed E-state index contributed by atoms with van der Waals surface area (Å²) in [7, 11) is 2.27. The van der Waals surface area contributed by atoms with E-state index in [1.165, 1.54) is 63.1 Å². The Balaban J connectivity index is 1.36. The number of piperidine rings is 2. The fourth-order valence-corrected chi connectivity index (χ4v) is 4.91. The van der Waals surface area contributed by atoms with Gasteiger partial charge in [0, 0.05) is 31.5 Å². The first kappa shape index (κ1) is 17.7. The number of imidazole rings is 1. The summed E-state index contributed by atoms with van der Waals surface area (Å²) >= 11 is 0. The zero-order valence-electron chi connectivity index (χ0n) is 16.1. The van der Waals surface area contributed by atoms with E-state index in [0.717, 1.165) is 25.0 Å². The number of fused-ring (bicyclic) bond motifs is 1. The van der Waals surface area contributed by atoms with Crippen molar-refractivity contribution >= 4 is 0 Å². The summed E-state index contributed by atoms with van der Waals surface area (Å²) in [6.07, 6.45) is 11.0. The first-order valence-corrected chi connectivity index (χ1v) is 10.3. The molecule has 4 heteroatoms. The van der Waals surface area contributed by atoms with E-state index >= 15 is 0 Å². The molecule has 1 aromatic carbocycles. The molecule has 0 N–H and O–H groups in total. The number of nitrogens with zero attached hydrogens (tertiary/aromatic N) is 4. The van der Waals surface area contributed by atoms with Crippen LogP contribution >= 0.6 is 0 Å². The summed E-state index contributed by atoms with van der Waals surface area (Å²) in [5, 5.41) is 0. The third kappa shape index (κ3) is 4.18. The summed E-state index contributed by atoms with van der Waals surface area (Å²) in [5.74, 6) is 2.00. The standard InChI is InChI=1S/C22H32N4/c1-24(17-20-10-7-14-25-13-6-5-11-21(20)25)18-22-23-12-15-26(22)16-19-8-3-2-4-9-19/h2-4,8-9,12,15,20-21H,5-7,10-11,13-14,16-18H2,1H3/t20-,21+/m0/s1. The van der Waals surface area contributed by atoms with Crippen LogP contribution < -0.4 is 0 Å². The molecule has 26 heavy (non-hydrogen) atoms. The van der Waals surface area contributed by atoms with Gasteiger partial charge in [-0.3, -0.25) is 4.90 Å². The van der Waals surface area contributed by atoms with Gasteiger partial charge in [-0.25, -0.2) is 4.98 Å². The predicted molar refractivity (Wildman–Crippen MR) is 106 cm³/mol. The van der Waals surface area contributed by atoms with Gasteiger partial charge in [-0.05, 0) is 57.3 Å². The molecule has 1 aromatic heterocycles. The molecule has 0 spiro atoms. The summed E-state index contributed by atoms with van der Waals surface area (Å²) in [5.41, 5.74) is 1.33. The van der Waals surface area contributed by atoms with Gasteiger partial charge < -0.3 is 9.47 Å². The Hall–Kier alpha value is -1.65. The molecule has 0 saturated carbocycles. The van der Waals surface area contributed by atoms with Gasteiger partial charge in [-0.2, -0.15) is 0 Å². The molecule has 0 radical (unpaired) electrons. The largest absolute Gasteiger partial charge is 0.329 e. The minimum Gasteiger partial charge on any atom is -0.329 e. The lowest BCUT2D eigenvalue weighted by atomic mass is 9.83. The van der Waals surface area contributed by atoms with Crippen molar-refractivity contribution in [2.45, 2.75) is 51.2 Å². The third-order valence-electron chi connectivity index (χ3n) is 6.18. The van der Waals surface area contributed by atoms with Gasteiger partial charge in [0.05, 0.1) is 6.54 Å². The summed E-state index contributed by atoms with van der Waals surface area (Å²) in [6.45, 7) is 5.69. The first-order valence-electron chi connectivity index (χ1n) is 10.3. The van der Waals surface area contributed by atoms with Crippen LogP contribution in [0.25, 0.3) is 0 Å². The fraction of sp³-hybridized carbons (Fsp3) is 0.591. The third-order valence-corrected chi connectivity index (χ3v) is 6.18. The van der Waals surface area contributed by atoms with E-state index < -0.39 is 0 Å². The van der Waals surface area contributed by atoms with Crippen LogP contribution in [-0.4, -0.2) is 52.1 Å². The van der Waals surface area contributed by atoms with E-state index in [2.05, 4.69) is 62.9 Å². The van der Waals surface area contributed by atoms with Gasteiger partial charge in [-0.15, -0.1) is 0 Å². The van der Waals surface area contributed by atoms with Crippen LogP contribution in [0.3, 0.4) is 0 Å². The molecule has 0 aliphatic carbocycles. The van der Waals surface area contributed by atoms with Gasteiger partial charge in [0.2, 0.25) is 0 Å². The molecule has 3 heterocycles. The molecule has 2 saturated heterocycles. The molecule has 2 fully saturated rings. The molecule has 0 unspecified atom stereocenters. The highest BCUT2D eigenvalue weighted by Crippen LogP contribution is 2.31. The van der Waals surface area contributed by atoms with Crippen LogP contribution in [-0.2, 0) is 13.1 Å². The van der Waals surface area contributed by atoms with Crippen molar-refractivity contribution in [3.8, 4) is 0 Å². The summed E-state index contributed by atoms with van der Waals surface area (Å²) in [6, 6.07) is 11.5. The Morgan fingerprint density at radius 3 is 2.81 bits per heavy atom. The van der Waals surface area contributed by atoms with Crippen molar-refractivity contribution in [2.75, 3.05) is 26.7 Å². The quantitative estimate of drug-likeness (QED) is 0.793. The van der Waals surface area contributed by atoms with Gasteiger partial charge in [0.25, 0.3) is 0 Å². The lowest BCUT2D eigenvalue weighted by Crippen LogP contribution is -2.50. The van der Waals surface area contributed by atoms with Crippen molar-refractivity contribution in [2.24, 2.45) is 5.92 Å². The average molecular weight is 353 g/mol. The molecule has 0 bridgehead atoms. The molecule has 0 amide bonds. The lowest BCUT2D eigenvalue weighted by molar-refractivity contribution is 0.0430. The smallest absolute Gasteiger partial charge is 0.123 e. The highest BCUT2D eigenvalue weighted by Gasteiger charge is 2.33. The van der Waals surface area contributed by atoms with Crippen molar-refractivity contribution in [1.29, 1.82) is 0 Å². The normalized spacial score (nSPS) is 23.9. The summed E-state index contributed by atoms with van der Waals surface area (Å²) in [4.78, 5) is 9.90. The first-order chi connectivity index (χ1) is 12.8. The SMILES string of the molecule is CN(Cc1nccn1Cc1ccccc1)C[C@@H]1CCCN2CCCC[C@H]12. The number of hydrogen-bond acceptors (Lipinski definition) is 3. The maximum absolute atomic E-state index is 4.64. The molecule has 2 atom stereocenters. The monoisotopic (exact) mass is 352 g/mol. The predicted octanol–water partition coefficient (Wildman–Crippen LogP) is 3.63. The molecule has 2 aliphatic heterocycles. The minimum absolute atomic E-state index is 0.823. The van der Waals surface area contributed by atoms with Crippen molar-refractivity contribution < 1.29 is 0 Å². The molecular formula is C22H32N4. The summed E-state index contributed by atoms with van der Waals surface area (Å²) < 4.78 is 2.29. The van der Waals surface area contributed by atoms with Crippen molar-refractivity contribution in [3.05, 3.63) is 54.1 Å². The van der Waals surface area contributed by atoms with Crippen LogP contribution in [0, 0.1) is 5.92 Å². The highest BCUT2D eigenvalue weighted by atomic mass is 15.2. The Kier molecular flexibility index (Phi) is 5.71. The van der Waals surface area contributed by atoms with Gasteiger partial charge in [-0.1, -0.05) is 36.8 Å². The molecule has 4 nitrogen and oxygen atoms in total. The second-order valence-corrected chi connectivity index (χ2v) is 8.16. The van der Waals surface area contributed by atoms with Crippen LogP contribution in [0.4, 0.5) is 0 Å². The second kappa shape index (κ2) is 8.36. The average Bonchev–Trinajstić information content (AvgIpc) is 3.09. The van der Waals surface area contributed by atoms with E-state index in [1.807, 2.05) is 6.20 Å². The zero-order valence-corrected chi connectivity index (χ0v) is 16.1. The Bertz CT molecular complexity index is 678. The fourth-order valence-electron chi connectivity index (χ4n) is 4.91. The van der Waals surface area contributed by atoms with Crippen molar-refractivity contribution in [1.82, 2.24) is 19.4 Å². The van der Waals surface area contributed by atoms with Crippen LogP contribution in [0.5, 0.6) is 0 Å². The maximum Gasteiger partial charge on any atom is 0.123 e. The van der Waals surface area contributed by atoms with Crippen LogP contribution in [0.1, 0.15) is 43.5 Å². The Morgan fingerprint density at radius 2 is 1.92 bits per heavy atom. The van der Waals surface area contributed by atoms with Gasteiger partial charge in [0.15, 0.2) is 0 Å². The highest BCUT2D eigenvalue weighted by molar-refractivity contribution is 5.15. The lowest BCUT2D eigenvalue weighted by Gasteiger charge is -2.45. The minimum atomic E-state index is 0.823.